The fourth-order valence-electron chi connectivity index (χ4n) is 2.97. The van der Waals surface area contributed by atoms with Crippen molar-refractivity contribution in [3.8, 4) is 0 Å². The van der Waals surface area contributed by atoms with E-state index < -0.39 is 0 Å². The lowest BCUT2D eigenvalue weighted by molar-refractivity contribution is 0.0851. The van der Waals surface area contributed by atoms with Gasteiger partial charge in [-0.2, -0.15) is 0 Å². The second-order valence-electron chi connectivity index (χ2n) is 5.90. The van der Waals surface area contributed by atoms with Gasteiger partial charge in [-0.1, -0.05) is 45.7 Å². The van der Waals surface area contributed by atoms with Crippen LogP contribution in [0.2, 0.25) is 0 Å². The molecule has 0 aliphatic rings. The van der Waals surface area contributed by atoms with Crippen LogP contribution in [0.15, 0.2) is 10.6 Å². The van der Waals surface area contributed by atoms with Gasteiger partial charge in [-0.05, 0) is 31.6 Å². The van der Waals surface area contributed by atoms with Gasteiger partial charge in [0, 0.05) is 18.5 Å². The Bertz CT molecular complexity index is 436. The SMILES string of the molecule is CCCCC(CC)(CC)C(C)NC(=O)c1cc(CC)on1. The number of unbranched alkanes of at least 4 members (excludes halogenated alkanes) is 1. The first-order chi connectivity index (χ1) is 10.0. The molecule has 1 rings (SSSR count). The van der Waals surface area contributed by atoms with Crippen molar-refractivity contribution in [3.05, 3.63) is 17.5 Å². The lowest BCUT2D eigenvalue weighted by atomic mass is 9.72. The van der Waals surface area contributed by atoms with Crippen molar-refractivity contribution in [1.82, 2.24) is 10.5 Å². The quantitative estimate of drug-likeness (QED) is 0.736. The summed E-state index contributed by atoms with van der Waals surface area (Å²) in [5.41, 5.74) is 0.554. The Morgan fingerprint density at radius 2 is 2.00 bits per heavy atom. The van der Waals surface area contributed by atoms with Crippen molar-refractivity contribution in [3.63, 3.8) is 0 Å². The third-order valence-corrected chi connectivity index (χ3v) is 4.84. The molecule has 1 N–H and O–H groups in total. The molecule has 0 saturated heterocycles. The van der Waals surface area contributed by atoms with Crippen LogP contribution in [0, 0.1) is 5.41 Å². The minimum atomic E-state index is -0.131. The number of rotatable bonds is 9. The number of hydrogen-bond acceptors (Lipinski definition) is 3. The van der Waals surface area contributed by atoms with Crippen molar-refractivity contribution >= 4 is 5.91 Å². The molecule has 0 fully saturated rings. The van der Waals surface area contributed by atoms with E-state index in [1.807, 2.05) is 6.92 Å². The van der Waals surface area contributed by atoms with Crippen LogP contribution in [0.5, 0.6) is 0 Å². The summed E-state index contributed by atoms with van der Waals surface area (Å²) in [7, 11) is 0. The van der Waals surface area contributed by atoms with Gasteiger partial charge in [0.05, 0.1) is 0 Å². The number of nitrogens with one attached hydrogen (secondary N) is 1. The number of hydrogen-bond donors (Lipinski definition) is 1. The molecule has 1 aromatic heterocycles. The highest BCUT2D eigenvalue weighted by Crippen LogP contribution is 2.36. The second kappa shape index (κ2) is 8.20. The van der Waals surface area contributed by atoms with Gasteiger partial charge in [-0.15, -0.1) is 0 Å². The molecule has 1 unspecified atom stereocenters. The van der Waals surface area contributed by atoms with Gasteiger partial charge in [0.2, 0.25) is 0 Å². The number of nitrogens with zero attached hydrogens (tertiary/aromatic N) is 1. The Kier molecular flexibility index (Phi) is 6.93. The Hall–Kier alpha value is -1.32. The molecular formula is C17H30N2O2. The zero-order chi connectivity index (χ0) is 15.9. The highest BCUT2D eigenvalue weighted by Gasteiger charge is 2.33. The van der Waals surface area contributed by atoms with Gasteiger partial charge in [0.15, 0.2) is 5.69 Å². The van der Waals surface area contributed by atoms with Crippen LogP contribution >= 0.6 is 0 Å². The molecule has 4 heteroatoms. The summed E-state index contributed by atoms with van der Waals surface area (Å²) in [4.78, 5) is 12.3. The van der Waals surface area contributed by atoms with E-state index in [9.17, 15) is 4.79 Å². The summed E-state index contributed by atoms with van der Waals surface area (Å²) in [6.45, 7) is 10.7. The van der Waals surface area contributed by atoms with E-state index in [-0.39, 0.29) is 17.4 Å². The third kappa shape index (κ3) is 4.32. The average molecular weight is 294 g/mol. The summed E-state index contributed by atoms with van der Waals surface area (Å²) in [5, 5.41) is 6.97. The molecule has 1 atom stereocenters. The molecule has 0 bridgehead atoms. The lowest BCUT2D eigenvalue weighted by Gasteiger charge is -2.38. The van der Waals surface area contributed by atoms with E-state index in [1.165, 1.54) is 12.8 Å². The second-order valence-corrected chi connectivity index (χ2v) is 5.90. The first-order valence-corrected chi connectivity index (χ1v) is 8.29. The van der Waals surface area contributed by atoms with Crippen molar-refractivity contribution < 1.29 is 9.32 Å². The highest BCUT2D eigenvalue weighted by atomic mass is 16.5. The molecule has 1 heterocycles. The van der Waals surface area contributed by atoms with Crippen LogP contribution in [0.4, 0.5) is 0 Å². The Labute approximate surface area is 128 Å². The third-order valence-electron chi connectivity index (χ3n) is 4.84. The normalized spacial score (nSPS) is 13.2. The van der Waals surface area contributed by atoms with Gasteiger partial charge in [0.1, 0.15) is 5.76 Å². The van der Waals surface area contributed by atoms with Crippen molar-refractivity contribution in [2.75, 3.05) is 0 Å². The number of aryl methyl sites for hydroxylation is 1. The fraction of sp³-hybridized carbons (Fsp3) is 0.765. The van der Waals surface area contributed by atoms with Crippen LogP contribution in [0.25, 0.3) is 0 Å². The standard InChI is InChI=1S/C17H30N2O2/c1-6-10-11-17(8-3,9-4)13(5)18-16(20)15-12-14(7-2)21-19-15/h12-13H,6-11H2,1-5H3,(H,18,20). The van der Waals surface area contributed by atoms with Gasteiger partial charge >= 0.3 is 0 Å². The molecule has 1 aromatic rings. The number of carbonyl (C=O) groups is 1. The monoisotopic (exact) mass is 294 g/mol. The molecule has 21 heavy (non-hydrogen) atoms. The topological polar surface area (TPSA) is 55.1 Å². The zero-order valence-electron chi connectivity index (χ0n) is 14.2. The van der Waals surface area contributed by atoms with Gasteiger partial charge in [-0.25, -0.2) is 0 Å². The maximum Gasteiger partial charge on any atom is 0.273 e. The summed E-state index contributed by atoms with van der Waals surface area (Å²) >= 11 is 0. The largest absolute Gasteiger partial charge is 0.361 e. The Morgan fingerprint density at radius 3 is 2.48 bits per heavy atom. The summed E-state index contributed by atoms with van der Waals surface area (Å²) in [5.74, 6) is 0.616. The van der Waals surface area contributed by atoms with E-state index in [1.54, 1.807) is 6.07 Å². The molecule has 0 saturated carbocycles. The van der Waals surface area contributed by atoms with Crippen LogP contribution in [0.1, 0.15) is 83.0 Å². The van der Waals surface area contributed by atoms with Crippen LogP contribution in [0.3, 0.4) is 0 Å². The molecule has 120 valence electrons. The minimum absolute atomic E-state index is 0.131. The van der Waals surface area contributed by atoms with Crippen molar-refractivity contribution in [2.24, 2.45) is 5.41 Å². The van der Waals surface area contributed by atoms with Crippen LogP contribution < -0.4 is 5.32 Å². The maximum atomic E-state index is 12.3. The number of carbonyl (C=O) groups excluding carboxylic acids is 1. The van der Waals surface area contributed by atoms with Gasteiger partial charge in [0.25, 0.3) is 5.91 Å². The van der Waals surface area contributed by atoms with E-state index in [2.05, 4.69) is 38.2 Å². The maximum absolute atomic E-state index is 12.3. The highest BCUT2D eigenvalue weighted by molar-refractivity contribution is 5.92. The number of aromatic nitrogens is 1. The predicted octanol–water partition coefficient (Wildman–Crippen LogP) is 4.35. The Morgan fingerprint density at radius 1 is 1.33 bits per heavy atom. The molecule has 0 spiro atoms. The molecule has 0 aliphatic heterocycles. The average Bonchev–Trinajstić information content (AvgIpc) is 2.98. The summed E-state index contributed by atoms with van der Waals surface area (Å²) in [6, 6.07) is 1.86. The fourth-order valence-corrected chi connectivity index (χ4v) is 2.97. The first kappa shape index (κ1) is 17.7. The van der Waals surface area contributed by atoms with Crippen LogP contribution in [-0.2, 0) is 6.42 Å². The van der Waals surface area contributed by atoms with Gasteiger partial charge < -0.3 is 9.84 Å². The zero-order valence-corrected chi connectivity index (χ0v) is 14.2. The van der Waals surface area contributed by atoms with Gasteiger partial charge in [-0.3, -0.25) is 4.79 Å². The molecule has 0 aliphatic carbocycles. The van der Waals surface area contributed by atoms with E-state index in [0.717, 1.165) is 31.4 Å². The van der Waals surface area contributed by atoms with Crippen LogP contribution in [-0.4, -0.2) is 17.1 Å². The molecule has 0 radical (unpaired) electrons. The number of amides is 1. The van der Waals surface area contributed by atoms with E-state index >= 15 is 0 Å². The van der Waals surface area contributed by atoms with E-state index in [4.69, 9.17) is 4.52 Å². The smallest absolute Gasteiger partial charge is 0.273 e. The van der Waals surface area contributed by atoms with Crippen molar-refractivity contribution in [1.29, 1.82) is 0 Å². The molecular weight excluding hydrogens is 264 g/mol. The lowest BCUT2D eigenvalue weighted by Crippen LogP contribution is -2.45. The molecule has 1 amide bonds. The molecule has 4 nitrogen and oxygen atoms in total. The predicted molar refractivity (Wildman–Crippen MR) is 85.3 cm³/mol. The first-order valence-electron chi connectivity index (χ1n) is 8.29. The minimum Gasteiger partial charge on any atom is -0.361 e. The summed E-state index contributed by atoms with van der Waals surface area (Å²) < 4.78 is 5.11. The summed E-state index contributed by atoms with van der Waals surface area (Å²) in [6.07, 6.45) is 6.43. The van der Waals surface area contributed by atoms with Crippen molar-refractivity contribution in [2.45, 2.75) is 79.2 Å². The Balaban J connectivity index is 2.75. The molecule has 0 aromatic carbocycles. The van der Waals surface area contributed by atoms with E-state index in [0.29, 0.717) is 5.69 Å².